The molecule has 0 spiro atoms. The van der Waals surface area contributed by atoms with E-state index in [-0.39, 0.29) is 12.5 Å². The zero-order valence-corrected chi connectivity index (χ0v) is 36.4. The van der Waals surface area contributed by atoms with Crippen LogP contribution in [0.4, 0.5) is 0 Å². The Labute approximate surface area is 346 Å². The Hall–Kier alpha value is -2.95. The third kappa shape index (κ3) is 42.2. The van der Waals surface area contributed by atoms with Gasteiger partial charge in [0.25, 0.3) is 0 Å². The zero-order chi connectivity index (χ0) is 40.7. The summed E-state index contributed by atoms with van der Waals surface area (Å²) in [6.45, 7) is 4.15. The molecular weight excluding hydrogens is 687 g/mol. The highest BCUT2D eigenvalue weighted by atomic mass is 16.3. The number of carbonyl (C=O) groups excluding carboxylic acids is 1. The van der Waals surface area contributed by atoms with Crippen LogP contribution in [0.5, 0.6) is 0 Å². The van der Waals surface area contributed by atoms with Crippen LogP contribution >= 0.6 is 0 Å². The number of hydrogen-bond donors (Lipinski definition) is 3. The summed E-state index contributed by atoms with van der Waals surface area (Å²) >= 11 is 0. The number of hydrogen-bond acceptors (Lipinski definition) is 3. The van der Waals surface area contributed by atoms with Gasteiger partial charge in [0, 0.05) is 6.42 Å². The van der Waals surface area contributed by atoms with Gasteiger partial charge in [-0.05, 0) is 83.5 Å². The van der Waals surface area contributed by atoms with Crippen molar-refractivity contribution in [1.29, 1.82) is 0 Å². The number of aliphatic hydroxyl groups excluding tert-OH is 2. The van der Waals surface area contributed by atoms with E-state index in [1.807, 2.05) is 6.08 Å². The van der Waals surface area contributed by atoms with Gasteiger partial charge in [-0.3, -0.25) is 4.79 Å². The highest BCUT2D eigenvalue weighted by Crippen LogP contribution is 2.14. The smallest absolute Gasteiger partial charge is 0.220 e. The standard InChI is InChI=1S/C52H87NO3/c1-3-5-7-9-11-13-15-17-19-21-23-25-26-28-30-32-34-36-38-40-42-44-46-48-52(56)53-50(49-54)51(55)47-45-43-41-39-37-35-33-31-29-27-24-22-20-18-16-14-12-10-8-6-4-2/h5,7,11,13,17,19,23,25,28,30,34,36-37,39-40,42,45,47,50-51,54-55H,3-4,6,8-10,12,14-16,18,20-22,24,26-27,29,31-33,35,38,41,43-44,46,48-49H2,1-2H3,(H,53,56)/b7-5-,13-11-,19-17-,25-23-,30-28-,36-34-,39-37+,42-40-,47-45+. The fourth-order valence-corrected chi connectivity index (χ4v) is 6.24. The second-order valence-corrected chi connectivity index (χ2v) is 15.1. The molecule has 0 aliphatic heterocycles. The lowest BCUT2D eigenvalue weighted by atomic mass is 10.0. The van der Waals surface area contributed by atoms with Crippen LogP contribution in [-0.4, -0.2) is 34.9 Å². The van der Waals surface area contributed by atoms with Crippen molar-refractivity contribution >= 4 is 5.91 Å². The van der Waals surface area contributed by atoms with Crippen molar-refractivity contribution in [2.75, 3.05) is 6.61 Å². The highest BCUT2D eigenvalue weighted by molar-refractivity contribution is 5.76. The van der Waals surface area contributed by atoms with Gasteiger partial charge >= 0.3 is 0 Å². The number of allylic oxidation sites excluding steroid dienone is 17. The van der Waals surface area contributed by atoms with E-state index in [1.165, 1.54) is 96.3 Å². The number of amides is 1. The van der Waals surface area contributed by atoms with Crippen LogP contribution in [0.1, 0.15) is 194 Å². The summed E-state index contributed by atoms with van der Waals surface area (Å²) in [6.07, 6.45) is 70.6. The van der Waals surface area contributed by atoms with Gasteiger partial charge < -0.3 is 15.5 Å². The minimum atomic E-state index is -0.894. The van der Waals surface area contributed by atoms with Crippen molar-refractivity contribution in [2.45, 2.75) is 206 Å². The number of carbonyl (C=O) groups is 1. The Balaban J connectivity index is 3.77. The monoisotopic (exact) mass is 774 g/mol. The van der Waals surface area contributed by atoms with Crippen LogP contribution in [0.15, 0.2) is 109 Å². The molecule has 0 rings (SSSR count). The van der Waals surface area contributed by atoms with Crippen molar-refractivity contribution in [3.63, 3.8) is 0 Å². The van der Waals surface area contributed by atoms with Crippen LogP contribution in [0, 0.1) is 0 Å². The molecule has 0 aromatic rings. The van der Waals surface area contributed by atoms with Crippen molar-refractivity contribution in [3.8, 4) is 0 Å². The molecule has 3 N–H and O–H groups in total. The second kappa shape index (κ2) is 46.4. The average Bonchev–Trinajstić information content (AvgIpc) is 3.20. The number of aliphatic hydroxyl groups is 2. The van der Waals surface area contributed by atoms with Gasteiger partial charge in [0.2, 0.25) is 5.91 Å². The Morgan fingerprint density at radius 3 is 1.25 bits per heavy atom. The van der Waals surface area contributed by atoms with E-state index in [2.05, 4.69) is 116 Å². The number of unbranched alkanes of at least 4 members (excludes halogenated alkanes) is 17. The van der Waals surface area contributed by atoms with Gasteiger partial charge in [0.05, 0.1) is 18.8 Å². The van der Waals surface area contributed by atoms with Crippen LogP contribution in [-0.2, 0) is 4.79 Å². The zero-order valence-electron chi connectivity index (χ0n) is 36.4. The molecule has 0 aromatic carbocycles. The molecule has 318 valence electrons. The highest BCUT2D eigenvalue weighted by Gasteiger charge is 2.17. The lowest BCUT2D eigenvalue weighted by Gasteiger charge is -2.19. The maximum atomic E-state index is 12.4. The molecule has 0 aromatic heterocycles. The van der Waals surface area contributed by atoms with Crippen molar-refractivity contribution < 1.29 is 15.0 Å². The lowest BCUT2D eigenvalue weighted by Crippen LogP contribution is -2.45. The summed E-state index contributed by atoms with van der Waals surface area (Å²) in [5, 5.41) is 23.0. The molecule has 0 heterocycles. The van der Waals surface area contributed by atoms with Gasteiger partial charge in [0.1, 0.15) is 0 Å². The third-order valence-corrected chi connectivity index (χ3v) is 9.74. The van der Waals surface area contributed by atoms with E-state index in [0.29, 0.717) is 6.42 Å². The van der Waals surface area contributed by atoms with Crippen molar-refractivity contribution in [2.24, 2.45) is 0 Å². The maximum absolute atomic E-state index is 12.4. The molecular formula is C52H87NO3. The van der Waals surface area contributed by atoms with Gasteiger partial charge in [-0.25, -0.2) is 0 Å². The first-order valence-electron chi connectivity index (χ1n) is 23.1. The molecule has 2 unspecified atom stereocenters. The predicted molar refractivity (Wildman–Crippen MR) is 248 cm³/mol. The van der Waals surface area contributed by atoms with Gasteiger partial charge in [-0.15, -0.1) is 0 Å². The first-order valence-corrected chi connectivity index (χ1v) is 23.1. The topological polar surface area (TPSA) is 69.6 Å². The fraction of sp³-hybridized carbons (Fsp3) is 0.635. The minimum Gasteiger partial charge on any atom is -0.394 e. The molecule has 0 aliphatic carbocycles. The van der Waals surface area contributed by atoms with Crippen molar-refractivity contribution in [3.05, 3.63) is 109 Å². The summed E-state index contributed by atoms with van der Waals surface area (Å²) in [5.41, 5.74) is 0. The Kier molecular flexibility index (Phi) is 44.0. The first-order chi connectivity index (χ1) is 27.7. The van der Waals surface area contributed by atoms with Crippen LogP contribution in [0.2, 0.25) is 0 Å². The molecule has 0 saturated carbocycles. The predicted octanol–water partition coefficient (Wildman–Crippen LogP) is 14.8. The molecule has 0 radical (unpaired) electrons. The molecule has 2 atom stereocenters. The summed E-state index contributed by atoms with van der Waals surface area (Å²) in [7, 11) is 0. The molecule has 0 bridgehead atoms. The van der Waals surface area contributed by atoms with Gasteiger partial charge in [0.15, 0.2) is 0 Å². The molecule has 4 heteroatoms. The largest absolute Gasteiger partial charge is 0.394 e. The number of rotatable bonds is 40. The Bertz CT molecular complexity index is 1110. The molecule has 1 amide bonds. The van der Waals surface area contributed by atoms with E-state index in [4.69, 9.17) is 0 Å². The Morgan fingerprint density at radius 2 is 0.804 bits per heavy atom. The number of nitrogens with one attached hydrogen (secondary N) is 1. The molecule has 0 aliphatic rings. The summed E-state index contributed by atoms with van der Waals surface area (Å²) in [4.78, 5) is 12.4. The van der Waals surface area contributed by atoms with Crippen molar-refractivity contribution in [1.82, 2.24) is 5.32 Å². The van der Waals surface area contributed by atoms with E-state index in [1.54, 1.807) is 6.08 Å². The summed E-state index contributed by atoms with van der Waals surface area (Å²) in [5.74, 6) is -0.136. The lowest BCUT2D eigenvalue weighted by molar-refractivity contribution is -0.122. The van der Waals surface area contributed by atoms with E-state index < -0.39 is 12.1 Å². The molecule has 4 nitrogen and oxygen atoms in total. The maximum Gasteiger partial charge on any atom is 0.220 e. The molecule has 56 heavy (non-hydrogen) atoms. The van der Waals surface area contributed by atoms with E-state index >= 15 is 0 Å². The quantitative estimate of drug-likeness (QED) is 0.0429. The minimum absolute atomic E-state index is 0.136. The average molecular weight is 774 g/mol. The molecule has 0 fully saturated rings. The third-order valence-electron chi connectivity index (χ3n) is 9.74. The SMILES string of the molecule is CC/C=C\C/C=C\C/C=C\C/C=C\C/C=C\C/C=C\C/C=C\CCCC(=O)NC(CO)C(O)/C=C/CC/C=C/CCCCCCCCCCCCCCCCC. The van der Waals surface area contributed by atoms with Gasteiger partial charge in [-0.2, -0.15) is 0 Å². The normalized spacial score (nSPS) is 14.0. The fourth-order valence-electron chi connectivity index (χ4n) is 6.24. The van der Waals surface area contributed by atoms with Crippen LogP contribution < -0.4 is 5.32 Å². The first kappa shape index (κ1) is 53.0. The van der Waals surface area contributed by atoms with Gasteiger partial charge in [-0.1, -0.05) is 213 Å². The van der Waals surface area contributed by atoms with Crippen LogP contribution in [0.25, 0.3) is 0 Å². The second-order valence-electron chi connectivity index (χ2n) is 15.1. The van der Waals surface area contributed by atoms with Crippen LogP contribution in [0.3, 0.4) is 0 Å². The summed E-state index contributed by atoms with van der Waals surface area (Å²) < 4.78 is 0. The summed E-state index contributed by atoms with van der Waals surface area (Å²) in [6, 6.07) is -0.678. The Morgan fingerprint density at radius 1 is 0.446 bits per heavy atom. The molecule has 0 saturated heterocycles. The van der Waals surface area contributed by atoms with E-state index in [9.17, 15) is 15.0 Å². The van der Waals surface area contributed by atoms with E-state index in [0.717, 1.165) is 77.0 Å².